The van der Waals surface area contributed by atoms with Crippen LogP contribution in [0.3, 0.4) is 0 Å². The average Bonchev–Trinajstić information content (AvgIpc) is 2.20. The molecule has 1 N–H and O–H groups in total. The Kier molecular flexibility index (Phi) is 9.46. The maximum atomic E-state index is 3.50. The second kappa shape index (κ2) is 9.37. The molecule has 86 valence electrons. The molecule has 0 aromatic heterocycles. The summed E-state index contributed by atoms with van der Waals surface area (Å²) < 4.78 is 0. The van der Waals surface area contributed by atoms with Gasteiger partial charge in [0.15, 0.2) is 0 Å². The second-order valence-corrected chi connectivity index (χ2v) is 4.38. The molecule has 0 heterocycles. The second-order valence-electron chi connectivity index (χ2n) is 3.59. The fourth-order valence-corrected chi connectivity index (χ4v) is 1.74. The largest absolute Gasteiger partial charge is 0.314 e. The molecule has 0 saturated carbocycles. The van der Waals surface area contributed by atoms with Gasteiger partial charge in [-0.1, -0.05) is 46.3 Å². The van der Waals surface area contributed by atoms with Crippen molar-refractivity contribution in [2.45, 2.75) is 25.8 Å². The lowest BCUT2D eigenvalue weighted by Gasteiger charge is -2.13. The van der Waals surface area contributed by atoms with Crippen molar-refractivity contribution in [3.05, 3.63) is 35.9 Å². The van der Waals surface area contributed by atoms with Gasteiger partial charge in [0.1, 0.15) is 0 Å². The van der Waals surface area contributed by atoms with Crippen molar-refractivity contribution >= 4 is 32.9 Å². The summed E-state index contributed by atoms with van der Waals surface area (Å²) >= 11 is 3.43. The average molecular weight is 337 g/mol. The third kappa shape index (κ3) is 7.09. The van der Waals surface area contributed by atoms with Crippen molar-refractivity contribution in [1.29, 1.82) is 0 Å². The van der Waals surface area contributed by atoms with Gasteiger partial charge in [-0.2, -0.15) is 0 Å². The minimum atomic E-state index is 0. The van der Waals surface area contributed by atoms with Crippen molar-refractivity contribution in [3.8, 4) is 0 Å². The Labute approximate surface area is 112 Å². The molecule has 0 bridgehead atoms. The smallest absolute Gasteiger partial charge is 0.00791 e. The van der Waals surface area contributed by atoms with Crippen LogP contribution in [0.5, 0.6) is 0 Å². The predicted octanol–water partition coefficient (Wildman–Crippen LogP) is 3.57. The fourth-order valence-electron chi connectivity index (χ4n) is 1.46. The molecule has 0 radical (unpaired) electrons. The molecule has 0 spiro atoms. The molecule has 0 aliphatic carbocycles. The van der Waals surface area contributed by atoms with Crippen LogP contribution < -0.4 is 5.32 Å². The van der Waals surface area contributed by atoms with Gasteiger partial charge >= 0.3 is 0 Å². The van der Waals surface area contributed by atoms with E-state index in [9.17, 15) is 0 Å². The van der Waals surface area contributed by atoms with Crippen LogP contribution in [0.4, 0.5) is 0 Å². The molecule has 0 saturated heterocycles. The Morgan fingerprint density at radius 1 is 1.27 bits per heavy atom. The van der Waals surface area contributed by atoms with Gasteiger partial charge in [-0.25, -0.2) is 0 Å². The van der Waals surface area contributed by atoms with E-state index < -0.39 is 0 Å². The highest BCUT2D eigenvalue weighted by Crippen LogP contribution is 2.02. The van der Waals surface area contributed by atoms with Gasteiger partial charge < -0.3 is 5.32 Å². The van der Waals surface area contributed by atoms with Gasteiger partial charge in [0, 0.05) is 11.4 Å². The summed E-state index contributed by atoms with van der Waals surface area (Å²) in [6.45, 7) is 3.33. The summed E-state index contributed by atoms with van der Waals surface area (Å²) in [7, 11) is 0. The quantitative estimate of drug-likeness (QED) is 0.618. The number of alkyl halides is 1. The molecule has 0 aliphatic rings. The lowest BCUT2D eigenvalue weighted by molar-refractivity contribution is 0.545. The van der Waals surface area contributed by atoms with Crippen molar-refractivity contribution in [2.24, 2.45) is 0 Å². The van der Waals surface area contributed by atoms with E-state index in [1.165, 1.54) is 12.0 Å². The van der Waals surface area contributed by atoms with Crippen molar-refractivity contribution in [2.75, 3.05) is 11.9 Å². The summed E-state index contributed by atoms with van der Waals surface area (Å²) in [6.07, 6.45) is 2.31. The first-order chi connectivity index (χ1) is 6.83. The molecule has 1 aromatic carbocycles. The molecule has 1 atom stereocenters. The summed E-state index contributed by atoms with van der Waals surface area (Å²) in [4.78, 5) is 0. The van der Waals surface area contributed by atoms with E-state index in [4.69, 9.17) is 0 Å². The van der Waals surface area contributed by atoms with Crippen molar-refractivity contribution < 1.29 is 0 Å². The van der Waals surface area contributed by atoms with E-state index in [1.807, 2.05) is 0 Å². The first-order valence-corrected chi connectivity index (χ1v) is 6.28. The zero-order valence-corrected chi connectivity index (χ0v) is 12.4. The third-order valence-corrected chi connectivity index (χ3v) is 2.75. The van der Waals surface area contributed by atoms with Crippen molar-refractivity contribution in [3.63, 3.8) is 0 Å². The topological polar surface area (TPSA) is 12.0 Å². The first-order valence-electron chi connectivity index (χ1n) is 5.16. The Balaban J connectivity index is 0.00000196. The maximum absolute atomic E-state index is 3.50. The Bertz CT molecular complexity index is 239. The molecule has 0 aliphatic heterocycles. The molecule has 1 unspecified atom stereocenters. The zero-order valence-electron chi connectivity index (χ0n) is 9.08. The van der Waals surface area contributed by atoms with E-state index in [2.05, 4.69) is 58.5 Å². The van der Waals surface area contributed by atoms with Crippen LogP contribution in [-0.4, -0.2) is 17.9 Å². The Hall–Kier alpha value is 0.140. The summed E-state index contributed by atoms with van der Waals surface area (Å²) in [6, 6.07) is 11.2. The molecule has 0 amide bonds. The molecule has 1 aromatic rings. The summed E-state index contributed by atoms with van der Waals surface area (Å²) in [5.74, 6) is 0. The standard InChI is InChI=1S/C12H18BrN.BrH/c1-11(14-9-5-8-13)10-12-6-3-2-4-7-12;/h2-4,6-7,11,14H,5,8-10H2,1H3;1H. The van der Waals surface area contributed by atoms with Crippen LogP contribution in [0.1, 0.15) is 18.9 Å². The number of halogens is 2. The lowest BCUT2D eigenvalue weighted by atomic mass is 10.1. The van der Waals surface area contributed by atoms with Gasteiger partial charge in [-0.3, -0.25) is 0 Å². The van der Waals surface area contributed by atoms with Crippen LogP contribution in [-0.2, 0) is 6.42 Å². The van der Waals surface area contributed by atoms with Gasteiger partial charge in [-0.15, -0.1) is 17.0 Å². The number of hydrogen-bond acceptors (Lipinski definition) is 1. The van der Waals surface area contributed by atoms with Gasteiger partial charge in [0.05, 0.1) is 0 Å². The first kappa shape index (κ1) is 15.1. The number of benzene rings is 1. The maximum Gasteiger partial charge on any atom is 0.00791 e. The minimum absolute atomic E-state index is 0. The predicted molar refractivity (Wildman–Crippen MR) is 76.3 cm³/mol. The van der Waals surface area contributed by atoms with E-state index in [0.717, 1.165) is 18.3 Å². The Morgan fingerprint density at radius 2 is 1.93 bits per heavy atom. The van der Waals surface area contributed by atoms with E-state index >= 15 is 0 Å². The zero-order chi connectivity index (χ0) is 10.2. The molecule has 0 fully saturated rings. The van der Waals surface area contributed by atoms with Crippen LogP contribution in [0.2, 0.25) is 0 Å². The molecule has 15 heavy (non-hydrogen) atoms. The monoisotopic (exact) mass is 335 g/mol. The van der Waals surface area contributed by atoms with Crippen LogP contribution in [0, 0.1) is 0 Å². The highest BCUT2D eigenvalue weighted by molar-refractivity contribution is 9.09. The molecule has 3 heteroatoms. The number of hydrogen-bond donors (Lipinski definition) is 1. The summed E-state index contributed by atoms with van der Waals surface area (Å²) in [5.41, 5.74) is 1.41. The van der Waals surface area contributed by atoms with Crippen LogP contribution in [0.25, 0.3) is 0 Å². The normalized spacial score (nSPS) is 11.9. The third-order valence-electron chi connectivity index (χ3n) is 2.19. The summed E-state index contributed by atoms with van der Waals surface area (Å²) in [5, 5.41) is 4.58. The van der Waals surface area contributed by atoms with E-state index in [0.29, 0.717) is 6.04 Å². The SMILES string of the molecule is Br.CC(Cc1ccccc1)NCCCBr. The van der Waals surface area contributed by atoms with Gasteiger partial charge in [-0.05, 0) is 31.9 Å². The van der Waals surface area contributed by atoms with Crippen LogP contribution in [0.15, 0.2) is 30.3 Å². The highest BCUT2D eigenvalue weighted by atomic mass is 79.9. The number of rotatable bonds is 6. The Morgan fingerprint density at radius 3 is 2.53 bits per heavy atom. The highest BCUT2D eigenvalue weighted by Gasteiger charge is 2.01. The fraction of sp³-hybridized carbons (Fsp3) is 0.500. The molecular formula is C12H19Br2N. The van der Waals surface area contributed by atoms with E-state index in [-0.39, 0.29) is 17.0 Å². The van der Waals surface area contributed by atoms with Gasteiger partial charge in [0.25, 0.3) is 0 Å². The minimum Gasteiger partial charge on any atom is -0.314 e. The molecular weight excluding hydrogens is 318 g/mol. The van der Waals surface area contributed by atoms with Gasteiger partial charge in [0.2, 0.25) is 0 Å². The van der Waals surface area contributed by atoms with Crippen molar-refractivity contribution in [1.82, 2.24) is 5.32 Å². The van der Waals surface area contributed by atoms with E-state index in [1.54, 1.807) is 0 Å². The molecule has 1 nitrogen and oxygen atoms in total. The number of nitrogens with one attached hydrogen (secondary N) is 1. The van der Waals surface area contributed by atoms with Crippen LogP contribution >= 0.6 is 32.9 Å². The molecule has 1 rings (SSSR count). The lowest BCUT2D eigenvalue weighted by Crippen LogP contribution is -2.29.